The number of ether oxygens (including phenoxy) is 2. The summed E-state index contributed by atoms with van der Waals surface area (Å²) in [7, 11) is 1.79. The van der Waals surface area contributed by atoms with Crippen LogP contribution in [-0.4, -0.2) is 53.6 Å². The van der Waals surface area contributed by atoms with Crippen LogP contribution in [0.15, 0.2) is 23.2 Å². The number of aromatic nitrogens is 3. The van der Waals surface area contributed by atoms with Crippen LogP contribution in [0, 0.1) is 6.92 Å². The van der Waals surface area contributed by atoms with Crippen LogP contribution in [0.5, 0.6) is 5.75 Å². The maximum Gasteiger partial charge on any atom is 0.191 e. The standard InChI is InChI=1S/C23H34N6O2.HI/c1-17-7-8-18(20(14-17)31-19-10-13-30-16-19)15-26-23(24-2)25-11-9-22-28-27-21-6-4-3-5-12-29(21)22;/h7-8,14,19H,3-6,9-13,15-16H2,1-2H3,(H2,24,25,26);1H. The van der Waals surface area contributed by atoms with E-state index >= 15 is 0 Å². The van der Waals surface area contributed by atoms with Crippen molar-refractivity contribution in [2.24, 2.45) is 4.99 Å². The molecule has 0 radical (unpaired) electrons. The van der Waals surface area contributed by atoms with Crippen molar-refractivity contribution < 1.29 is 9.47 Å². The summed E-state index contributed by atoms with van der Waals surface area (Å²) in [6, 6.07) is 6.33. The van der Waals surface area contributed by atoms with Crippen LogP contribution >= 0.6 is 24.0 Å². The number of guanidine groups is 1. The van der Waals surface area contributed by atoms with E-state index in [0.29, 0.717) is 13.2 Å². The summed E-state index contributed by atoms with van der Waals surface area (Å²) in [5.41, 5.74) is 2.30. The van der Waals surface area contributed by atoms with Crippen LogP contribution in [0.25, 0.3) is 0 Å². The SMILES string of the molecule is CN=C(NCCc1nnc2n1CCCCC2)NCc1ccc(C)cc1OC1CCOC1.I. The molecule has 1 atom stereocenters. The van der Waals surface area contributed by atoms with Crippen molar-refractivity contribution in [3.63, 3.8) is 0 Å². The lowest BCUT2D eigenvalue weighted by Crippen LogP contribution is -2.38. The molecule has 2 N–H and O–H groups in total. The molecule has 0 aliphatic carbocycles. The highest BCUT2D eigenvalue weighted by molar-refractivity contribution is 14.0. The maximum absolute atomic E-state index is 6.20. The molecule has 2 aromatic rings. The third-order valence-electron chi connectivity index (χ3n) is 5.90. The Balaban J connectivity index is 0.00000289. The molecular formula is C23H35IN6O2. The number of halogens is 1. The number of hydrogen-bond acceptors (Lipinski definition) is 5. The van der Waals surface area contributed by atoms with Crippen molar-refractivity contribution in [3.05, 3.63) is 41.0 Å². The number of aliphatic imine (C=N–C) groups is 1. The van der Waals surface area contributed by atoms with Crippen molar-refractivity contribution in [3.8, 4) is 5.75 Å². The van der Waals surface area contributed by atoms with Crippen molar-refractivity contribution in [1.29, 1.82) is 0 Å². The average Bonchev–Trinajstić information content (AvgIpc) is 3.35. The van der Waals surface area contributed by atoms with Crippen molar-refractivity contribution in [1.82, 2.24) is 25.4 Å². The highest BCUT2D eigenvalue weighted by Crippen LogP contribution is 2.23. The number of nitrogens with zero attached hydrogens (tertiary/aromatic N) is 4. The zero-order valence-corrected chi connectivity index (χ0v) is 21.4. The predicted molar refractivity (Wildman–Crippen MR) is 136 cm³/mol. The third-order valence-corrected chi connectivity index (χ3v) is 5.90. The maximum atomic E-state index is 6.20. The van der Waals surface area contributed by atoms with E-state index < -0.39 is 0 Å². The Morgan fingerprint density at radius 3 is 2.97 bits per heavy atom. The van der Waals surface area contributed by atoms with Gasteiger partial charge in [0, 0.05) is 51.5 Å². The number of rotatable bonds is 7. The van der Waals surface area contributed by atoms with Gasteiger partial charge in [-0.1, -0.05) is 18.6 Å². The zero-order valence-electron chi connectivity index (χ0n) is 19.1. The zero-order chi connectivity index (χ0) is 21.5. The van der Waals surface area contributed by atoms with Crippen LogP contribution < -0.4 is 15.4 Å². The molecule has 1 aromatic carbocycles. The lowest BCUT2D eigenvalue weighted by atomic mass is 10.1. The van der Waals surface area contributed by atoms with E-state index in [-0.39, 0.29) is 30.1 Å². The summed E-state index contributed by atoms with van der Waals surface area (Å²) in [6.45, 7) is 5.96. The van der Waals surface area contributed by atoms with Crippen LogP contribution in [0.4, 0.5) is 0 Å². The first kappa shape index (κ1) is 24.8. The molecule has 1 unspecified atom stereocenters. The average molecular weight is 554 g/mol. The van der Waals surface area contributed by atoms with Gasteiger partial charge in [-0.25, -0.2) is 0 Å². The van der Waals surface area contributed by atoms with Gasteiger partial charge in [0.1, 0.15) is 23.5 Å². The van der Waals surface area contributed by atoms with Gasteiger partial charge in [0.15, 0.2) is 5.96 Å². The molecule has 2 aliphatic rings. The molecule has 1 aromatic heterocycles. The van der Waals surface area contributed by atoms with Crippen molar-refractivity contribution >= 4 is 29.9 Å². The number of hydrogen-bond donors (Lipinski definition) is 2. The van der Waals surface area contributed by atoms with E-state index in [1.54, 1.807) is 7.05 Å². The van der Waals surface area contributed by atoms with E-state index in [0.717, 1.165) is 67.9 Å². The van der Waals surface area contributed by atoms with Gasteiger partial charge in [-0.3, -0.25) is 4.99 Å². The lowest BCUT2D eigenvalue weighted by Gasteiger charge is -2.18. The van der Waals surface area contributed by atoms with Crippen LogP contribution in [0.1, 0.15) is 48.5 Å². The molecule has 4 rings (SSSR count). The van der Waals surface area contributed by atoms with Crippen LogP contribution in [0.2, 0.25) is 0 Å². The molecule has 2 aliphatic heterocycles. The van der Waals surface area contributed by atoms with Gasteiger partial charge in [-0.2, -0.15) is 0 Å². The Hall–Kier alpha value is -1.88. The molecule has 8 nitrogen and oxygen atoms in total. The summed E-state index contributed by atoms with van der Waals surface area (Å²) in [4.78, 5) is 4.37. The van der Waals surface area contributed by atoms with Crippen LogP contribution in [-0.2, 0) is 30.7 Å². The van der Waals surface area contributed by atoms with Gasteiger partial charge >= 0.3 is 0 Å². The summed E-state index contributed by atoms with van der Waals surface area (Å²) >= 11 is 0. The summed E-state index contributed by atoms with van der Waals surface area (Å²) in [6.07, 6.45) is 6.64. The second-order valence-corrected chi connectivity index (χ2v) is 8.31. The Labute approximate surface area is 207 Å². The first-order chi connectivity index (χ1) is 15.2. The number of fused-ring (bicyclic) bond motifs is 1. The Bertz CT molecular complexity index is 895. The quantitative estimate of drug-likeness (QED) is 0.311. The summed E-state index contributed by atoms with van der Waals surface area (Å²) in [5, 5.41) is 15.6. The van der Waals surface area contributed by atoms with Gasteiger partial charge in [0.25, 0.3) is 0 Å². The minimum absolute atomic E-state index is 0. The fourth-order valence-corrected chi connectivity index (χ4v) is 4.13. The first-order valence-corrected chi connectivity index (χ1v) is 11.4. The van der Waals surface area contributed by atoms with Crippen molar-refractivity contribution in [2.45, 2.75) is 64.6 Å². The van der Waals surface area contributed by atoms with E-state index in [1.165, 1.54) is 24.8 Å². The molecule has 0 amide bonds. The molecule has 32 heavy (non-hydrogen) atoms. The Kier molecular flexibility index (Phi) is 9.58. The topological polar surface area (TPSA) is 85.6 Å². The highest BCUT2D eigenvalue weighted by Gasteiger charge is 2.19. The lowest BCUT2D eigenvalue weighted by molar-refractivity contribution is 0.140. The highest BCUT2D eigenvalue weighted by atomic mass is 127. The molecule has 1 fully saturated rings. The van der Waals surface area contributed by atoms with Gasteiger partial charge in [0.2, 0.25) is 0 Å². The number of nitrogens with one attached hydrogen (secondary N) is 2. The molecule has 176 valence electrons. The third kappa shape index (κ3) is 6.57. The second kappa shape index (κ2) is 12.4. The number of aryl methyl sites for hydroxylation is 2. The first-order valence-electron chi connectivity index (χ1n) is 11.4. The summed E-state index contributed by atoms with van der Waals surface area (Å²) < 4.78 is 14.0. The molecule has 0 bridgehead atoms. The Morgan fingerprint density at radius 2 is 2.16 bits per heavy atom. The second-order valence-electron chi connectivity index (χ2n) is 8.31. The number of benzene rings is 1. The predicted octanol–water partition coefficient (Wildman–Crippen LogP) is 3.01. The normalized spacial score (nSPS) is 18.4. The molecule has 9 heteroatoms. The van der Waals surface area contributed by atoms with Crippen molar-refractivity contribution in [2.75, 3.05) is 26.8 Å². The molecular weight excluding hydrogens is 519 g/mol. The van der Waals surface area contributed by atoms with Crippen LogP contribution in [0.3, 0.4) is 0 Å². The smallest absolute Gasteiger partial charge is 0.191 e. The van der Waals surface area contributed by atoms with Gasteiger partial charge in [-0.05, 0) is 31.4 Å². The molecule has 3 heterocycles. The van der Waals surface area contributed by atoms with E-state index in [1.807, 2.05) is 0 Å². The van der Waals surface area contributed by atoms with Gasteiger partial charge in [0.05, 0.1) is 13.2 Å². The fourth-order valence-electron chi connectivity index (χ4n) is 4.13. The molecule has 1 saturated heterocycles. The minimum Gasteiger partial charge on any atom is -0.488 e. The van der Waals surface area contributed by atoms with E-state index in [9.17, 15) is 0 Å². The Morgan fingerprint density at radius 1 is 1.25 bits per heavy atom. The van der Waals surface area contributed by atoms with Gasteiger partial charge in [-0.15, -0.1) is 34.2 Å². The van der Waals surface area contributed by atoms with E-state index in [4.69, 9.17) is 9.47 Å². The molecule has 0 saturated carbocycles. The summed E-state index contributed by atoms with van der Waals surface area (Å²) in [5.74, 6) is 3.89. The van der Waals surface area contributed by atoms with Gasteiger partial charge < -0.3 is 24.7 Å². The minimum atomic E-state index is 0. The molecule has 0 spiro atoms. The van der Waals surface area contributed by atoms with E-state index in [2.05, 4.69) is 55.5 Å². The monoisotopic (exact) mass is 554 g/mol. The fraction of sp³-hybridized carbons (Fsp3) is 0.609. The largest absolute Gasteiger partial charge is 0.488 e.